The maximum atomic E-state index is 13.4. The predicted molar refractivity (Wildman–Crippen MR) is 292 cm³/mol. The number of aliphatic hydroxyl groups is 1. The molecular weight excluding hydrogens is 932 g/mol. The summed E-state index contributed by atoms with van der Waals surface area (Å²) in [5, 5.41) is 14.7. The number of halogens is 2. The normalized spacial score (nSPS) is 16.4. The molecule has 1 unspecified atom stereocenters. The summed E-state index contributed by atoms with van der Waals surface area (Å²) in [4.78, 5) is 52.2. The van der Waals surface area contributed by atoms with Crippen LogP contribution in [-0.2, 0) is 42.7 Å². The Bertz CT molecular complexity index is 2480. The van der Waals surface area contributed by atoms with Gasteiger partial charge in [-0.2, -0.15) is 0 Å². The first kappa shape index (κ1) is 58.6. The summed E-state index contributed by atoms with van der Waals surface area (Å²) in [5.74, 6) is -0.691. The predicted octanol–water partition coefficient (Wildman–Crippen LogP) is 14.8. The minimum atomic E-state index is -0.635. The molecular formula is C60H80Cl2N2O7. The lowest BCUT2D eigenvalue weighted by Crippen LogP contribution is -2.42. The fourth-order valence-corrected chi connectivity index (χ4v) is 9.90. The van der Waals surface area contributed by atoms with E-state index in [9.17, 15) is 24.3 Å². The van der Waals surface area contributed by atoms with E-state index in [4.69, 9.17) is 32.7 Å². The van der Waals surface area contributed by atoms with E-state index < -0.39 is 16.8 Å². The van der Waals surface area contributed by atoms with Crippen LogP contribution < -0.4 is 10.2 Å². The first-order chi connectivity index (χ1) is 33.2. The summed E-state index contributed by atoms with van der Waals surface area (Å²) >= 11 is 13.5. The van der Waals surface area contributed by atoms with Gasteiger partial charge in [-0.1, -0.05) is 131 Å². The lowest BCUT2D eigenvalue weighted by atomic mass is 9.65. The second kappa shape index (κ2) is 25.1. The number of allylic oxidation sites excluding steroid dienone is 1. The molecule has 0 radical (unpaired) electrons. The van der Waals surface area contributed by atoms with Crippen LogP contribution in [0.25, 0.3) is 0 Å². The third-order valence-corrected chi connectivity index (χ3v) is 14.4. The lowest BCUT2D eigenvalue weighted by molar-refractivity contribution is -0.119. The minimum Gasteiger partial charge on any atom is -0.462 e. The zero-order valence-electron chi connectivity index (χ0n) is 44.9. The largest absolute Gasteiger partial charge is 0.462 e. The fraction of sp³-hybridized carbons (Fsp3) is 0.500. The Morgan fingerprint density at radius 3 is 1.66 bits per heavy atom. The highest BCUT2D eigenvalue weighted by Gasteiger charge is 2.42. The van der Waals surface area contributed by atoms with Crippen molar-refractivity contribution in [1.82, 2.24) is 0 Å². The van der Waals surface area contributed by atoms with Crippen LogP contribution in [0.4, 0.5) is 11.4 Å². The molecule has 386 valence electrons. The molecule has 4 aromatic rings. The zero-order valence-corrected chi connectivity index (χ0v) is 46.4. The van der Waals surface area contributed by atoms with Crippen molar-refractivity contribution < 1.29 is 33.8 Å². The molecule has 0 saturated carbocycles. The number of ether oxygens (including phenoxy) is 2. The molecule has 2 N–H and O–H groups in total. The summed E-state index contributed by atoms with van der Waals surface area (Å²) in [5.41, 5.74) is 7.02. The van der Waals surface area contributed by atoms with Gasteiger partial charge in [-0.15, -0.1) is 0 Å². The van der Waals surface area contributed by atoms with Crippen molar-refractivity contribution in [3.05, 3.63) is 140 Å². The van der Waals surface area contributed by atoms with Crippen molar-refractivity contribution in [3.63, 3.8) is 0 Å². The van der Waals surface area contributed by atoms with E-state index in [0.717, 1.165) is 58.6 Å². The van der Waals surface area contributed by atoms with Crippen molar-refractivity contribution in [3.8, 4) is 0 Å². The van der Waals surface area contributed by atoms with Crippen molar-refractivity contribution in [2.24, 2.45) is 28.6 Å². The molecule has 0 spiro atoms. The quantitative estimate of drug-likeness (QED) is 0.0952. The number of carbonyl (C=O) groups excluding carboxylic acids is 4. The van der Waals surface area contributed by atoms with Gasteiger partial charge in [-0.3, -0.25) is 14.5 Å². The Hall–Kier alpha value is -4.96. The molecule has 71 heavy (non-hydrogen) atoms. The van der Waals surface area contributed by atoms with Crippen molar-refractivity contribution in [1.29, 1.82) is 0 Å². The van der Waals surface area contributed by atoms with Crippen LogP contribution in [0.15, 0.2) is 96.7 Å². The van der Waals surface area contributed by atoms with Gasteiger partial charge in [-0.25, -0.2) is 9.59 Å². The molecule has 0 fully saturated rings. The van der Waals surface area contributed by atoms with Gasteiger partial charge in [0, 0.05) is 57.9 Å². The number of aliphatic hydroxyl groups excluding tert-OH is 1. The highest BCUT2D eigenvalue weighted by atomic mass is 35.5. The van der Waals surface area contributed by atoms with E-state index in [1.807, 2.05) is 25.3 Å². The first-order valence-electron chi connectivity index (χ1n) is 25.2. The standard InChI is InChI=1S/C30H42ClNO4.C30H38ClNO3/c1-8-36-28(35)22-10-13-24(14-11-22)32-27(34)18-30(7,25(19-33)20(2)3)23-12-9-21(26(31)17-23)15-16-29(4,5)6;1-8-35-28(34)22-10-13-24(14-11-22)32-19-25(20(2)3)30(7,18-27(32)33)23-12-9-21(26(31)17-23)15-16-29(4,5)6/h9-14,17,20,25,33H,8,15-16,18-19H2,1-7H3,(H,32,34);9-14,17,19-20H,8,15-16,18H2,1-7H3/t25?,30-;30-/m00/s1. The Kier molecular flexibility index (Phi) is 20.7. The van der Waals surface area contributed by atoms with Gasteiger partial charge in [-0.05, 0) is 157 Å². The second-order valence-electron chi connectivity index (χ2n) is 22.5. The number of carbonyl (C=O) groups is 4. The average Bonchev–Trinajstić information content (AvgIpc) is 3.28. The molecule has 0 saturated heterocycles. The Labute approximate surface area is 435 Å². The number of nitrogens with zero attached hydrogens (tertiary/aromatic N) is 1. The highest BCUT2D eigenvalue weighted by Crippen LogP contribution is 2.45. The maximum absolute atomic E-state index is 13.4. The Morgan fingerprint density at radius 2 is 1.23 bits per heavy atom. The summed E-state index contributed by atoms with van der Waals surface area (Å²) in [6.45, 7) is 30.1. The van der Waals surface area contributed by atoms with Crippen LogP contribution >= 0.6 is 23.2 Å². The van der Waals surface area contributed by atoms with E-state index in [1.54, 1.807) is 67.3 Å². The van der Waals surface area contributed by atoms with Crippen LogP contribution in [0, 0.1) is 28.6 Å². The molecule has 3 atom stereocenters. The van der Waals surface area contributed by atoms with Crippen LogP contribution in [0.2, 0.25) is 10.0 Å². The molecule has 5 rings (SSSR count). The highest BCUT2D eigenvalue weighted by molar-refractivity contribution is 6.31. The molecule has 1 aliphatic heterocycles. The second-order valence-corrected chi connectivity index (χ2v) is 23.3. The molecule has 9 nitrogen and oxygen atoms in total. The van der Waals surface area contributed by atoms with Gasteiger partial charge in [0.2, 0.25) is 11.8 Å². The number of hydrogen-bond acceptors (Lipinski definition) is 7. The fourth-order valence-electron chi connectivity index (χ4n) is 9.35. The molecule has 11 heteroatoms. The van der Waals surface area contributed by atoms with Crippen molar-refractivity contribution >= 4 is 58.3 Å². The van der Waals surface area contributed by atoms with Gasteiger partial charge >= 0.3 is 11.9 Å². The van der Waals surface area contributed by atoms with E-state index in [1.165, 1.54) is 5.57 Å². The topological polar surface area (TPSA) is 122 Å². The maximum Gasteiger partial charge on any atom is 0.338 e. The molecule has 0 bridgehead atoms. The number of amides is 2. The lowest BCUT2D eigenvalue weighted by Gasteiger charge is -2.41. The third-order valence-electron chi connectivity index (χ3n) is 13.7. The number of anilines is 2. The minimum absolute atomic E-state index is 0.00807. The van der Waals surface area contributed by atoms with Crippen LogP contribution in [-0.4, -0.2) is 48.7 Å². The number of nitrogens with one attached hydrogen (secondary N) is 1. The van der Waals surface area contributed by atoms with Gasteiger partial charge in [0.05, 0.1) is 24.3 Å². The van der Waals surface area contributed by atoms with Crippen LogP contribution in [0.1, 0.15) is 166 Å². The van der Waals surface area contributed by atoms with Gasteiger partial charge in [0.15, 0.2) is 0 Å². The van der Waals surface area contributed by atoms with Gasteiger partial charge < -0.3 is 19.9 Å². The van der Waals surface area contributed by atoms with E-state index in [0.29, 0.717) is 41.5 Å². The number of benzene rings is 4. The number of aryl methyl sites for hydroxylation is 2. The molecule has 1 heterocycles. The number of hydrogen-bond donors (Lipinski definition) is 2. The Morgan fingerprint density at radius 1 is 0.732 bits per heavy atom. The SMILES string of the molecule is CCOC(=O)c1ccc(N2C=C(C(C)C)[C@](C)(c3ccc(CCC(C)(C)C)c(Cl)c3)CC2=O)cc1.CCOC(=O)c1ccc(NC(=O)C[C@@](C)(c2ccc(CCC(C)(C)C)c(Cl)c2)C(CO)C(C)C)cc1. The smallest absolute Gasteiger partial charge is 0.338 e. The van der Waals surface area contributed by atoms with E-state index >= 15 is 0 Å². The first-order valence-corrected chi connectivity index (χ1v) is 26.0. The number of rotatable bonds is 18. The summed E-state index contributed by atoms with van der Waals surface area (Å²) in [6, 6.07) is 26.0. The molecule has 1 aliphatic rings. The summed E-state index contributed by atoms with van der Waals surface area (Å²) < 4.78 is 10.1. The van der Waals surface area contributed by atoms with Gasteiger partial charge in [0.25, 0.3) is 0 Å². The van der Waals surface area contributed by atoms with Crippen LogP contribution in [0.3, 0.4) is 0 Å². The monoisotopic (exact) mass is 1010 g/mol. The van der Waals surface area contributed by atoms with E-state index in [2.05, 4.69) is 106 Å². The third kappa shape index (κ3) is 16.0. The van der Waals surface area contributed by atoms with E-state index in [-0.39, 0.29) is 59.4 Å². The molecule has 0 aromatic heterocycles. The van der Waals surface area contributed by atoms with Crippen molar-refractivity contribution in [2.45, 2.75) is 146 Å². The number of esters is 2. The van der Waals surface area contributed by atoms with Gasteiger partial charge in [0.1, 0.15) is 0 Å². The van der Waals surface area contributed by atoms with Crippen molar-refractivity contribution in [2.75, 3.05) is 30.0 Å². The Balaban J connectivity index is 0.000000309. The molecule has 0 aliphatic carbocycles. The summed E-state index contributed by atoms with van der Waals surface area (Å²) in [6.07, 6.45) is 6.38. The average molecular weight is 1010 g/mol. The molecule has 2 amide bonds. The molecule has 4 aromatic carbocycles. The summed E-state index contributed by atoms with van der Waals surface area (Å²) in [7, 11) is 0. The van der Waals surface area contributed by atoms with Crippen LogP contribution in [0.5, 0.6) is 0 Å². The zero-order chi connectivity index (χ0) is 53.1.